The number of nitro groups is 1. The van der Waals surface area contributed by atoms with Crippen LogP contribution < -0.4 is 4.90 Å². The topological polar surface area (TPSA) is 83.9 Å². The van der Waals surface area contributed by atoms with E-state index in [-0.39, 0.29) is 24.3 Å². The first-order valence-corrected chi connectivity index (χ1v) is 5.88. The number of imidazole rings is 1. The first kappa shape index (κ1) is 11.8. The summed E-state index contributed by atoms with van der Waals surface area (Å²) in [7, 11) is 1.68. The molecule has 1 unspecified atom stereocenters. The van der Waals surface area contributed by atoms with Crippen molar-refractivity contribution in [1.82, 2.24) is 9.38 Å². The summed E-state index contributed by atoms with van der Waals surface area (Å²) in [6.45, 7) is 1.69. The molecule has 0 saturated carbocycles. The van der Waals surface area contributed by atoms with Crippen molar-refractivity contribution in [2.24, 2.45) is 0 Å². The molecule has 0 aliphatic heterocycles. The number of thiazole rings is 1. The summed E-state index contributed by atoms with van der Waals surface area (Å²) in [5.41, 5.74) is 0. The highest BCUT2D eigenvalue weighted by atomic mass is 32.1. The van der Waals surface area contributed by atoms with E-state index in [0.717, 1.165) is 0 Å². The average Bonchev–Trinajstić information content (AvgIpc) is 2.85. The smallest absolute Gasteiger partial charge is 0.373 e. The van der Waals surface area contributed by atoms with Gasteiger partial charge in [0, 0.05) is 12.4 Å². The van der Waals surface area contributed by atoms with Gasteiger partial charge in [0.15, 0.2) is 0 Å². The fraction of sp³-hybridized carbons (Fsp3) is 0.444. The molecule has 0 spiro atoms. The van der Waals surface area contributed by atoms with Gasteiger partial charge in [-0.2, -0.15) is 9.38 Å². The Bertz CT molecular complexity index is 549. The molecule has 0 saturated heterocycles. The van der Waals surface area contributed by atoms with E-state index in [2.05, 4.69) is 4.98 Å². The number of hydrogen-bond acceptors (Lipinski definition) is 6. The molecule has 0 fully saturated rings. The van der Waals surface area contributed by atoms with E-state index < -0.39 is 4.92 Å². The number of likely N-dealkylation sites (N-methyl/N-ethyl adjacent to an activating group) is 1. The molecular weight excluding hydrogens is 244 g/mol. The maximum absolute atomic E-state index is 11.1. The van der Waals surface area contributed by atoms with Crippen LogP contribution in [0.2, 0.25) is 0 Å². The molecule has 7 nitrogen and oxygen atoms in total. The second-order valence-corrected chi connectivity index (χ2v) is 4.59. The molecule has 17 heavy (non-hydrogen) atoms. The molecule has 2 heterocycles. The van der Waals surface area contributed by atoms with Crippen molar-refractivity contribution >= 4 is 27.9 Å². The van der Waals surface area contributed by atoms with E-state index in [1.165, 1.54) is 15.7 Å². The van der Waals surface area contributed by atoms with Gasteiger partial charge in [-0.3, -0.25) is 0 Å². The monoisotopic (exact) mass is 256 g/mol. The normalized spacial score (nSPS) is 12.9. The van der Waals surface area contributed by atoms with E-state index in [1.54, 1.807) is 30.4 Å². The third-order valence-electron chi connectivity index (χ3n) is 2.65. The maximum atomic E-state index is 11.1. The minimum absolute atomic E-state index is 0.0657. The van der Waals surface area contributed by atoms with Crippen molar-refractivity contribution in [2.75, 3.05) is 18.6 Å². The second-order valence-electron chi connectivity index (χ2n) is 3.71. The van der Waals surface area contributed by atoms with Gasteiger partial charge in [-0.05, 0) is 11.8 Å². The summed E-state index contributed by atoms with van der Waals surface area (Å²) in [4.78, 5) is 17.0. The fourth-order valence-corrected chi connectivity index (χ4v) is 2.20. The number of aliphatic hydroxyl groups excluding tert-OH is 1. The zero-order valence-electron chi connectivity index (χ0n) is 9.40. The SMILES string of the molecule is CC(CO)N(C)c1nc2sccn2c1[N+](=O)[O-]. The Hall–Kier alpha value is -1.67. The molecule has 2 aromatic heterocycles. The number of fused-ring (bicyclic) bond motifs is 1. The Labute approximate surface area is 101 Å². The minimum atomic E-state index is -0.456. The summed E-state index contributed by atoms with van der Waals surface area (Å²) in [6.07, 6.45) is 1.62. The highest BCUT2D eigenvalue weighted by Crippen LogP contribution is 2.31. The van der Waals surface area contributed by atoms with Crippen LogP contribution in [0.25, 0.3) is 4.96 Å². The maximum Gasteiger partial charge on any atom is 0.373 e. The number of aromatic nitrogens is 2. The minimum Gasteiger partial charge on any atom is -0.394 e. The third-order valence-corrected chi connectivity index (χ3v) is 3.41. The lowest BCUT2D eigenvalue weighted by molar-refractivity contribution is -0.389. The van der Waals surface area contributed by atoms with Gasteiger partial charge in [0.05, 0.1) is 12.6 Å². The third kappa shape index (κ3) is 1.85. The average molecular weight is 256 g/mol. The highest BCUT2D eigenvalue weighted by Gasteiger charge is 2.27. The van der Waals surface area contributed by atoms with E-state index >= 15 is 0 Å². The van der Waals surface area contributed by atoms with Gasteiger partial charge in [-0.1, -0.05) is 11.3 Å². The molecule has 0 amide bonds. The molecule has 1 N–H and O–H groups in total. The molecule has 2 aromatic rings. The molecule has 0 aliphatic rings. The van der Waals surface area contributed by atoms with Crippen molar-refractivity contribution in [1.29, 1.82) is 0 Å². The molecular formula is C9H12N4O3S. The van der Waals surface area contributed by atoms with E-state index in [9.17, 15) is 10.1 Å². The Morgan fingerprint density at radius 1 is 1.76 bits per heavy atom. The molecule has 0 aromatic carbocycles. The Balaban J connectivity index is 2.56. The summed E-state index contributed by atoms with van der Waals surface area (Å²) in [5.74, 6) is 0.215. The first-order chi connectivity index (χ1) is 8.06. The quantitative estimate of drug-likeness (QED) is 0.654. The number of aliphatic hydroxyl groups is 1. The van der Waals surface area contributed by atoms with Crippen LogP contribution in [-0.2, 0) is 0 Å². The Morgan fingerprint density at radius 3 is 3.06 bits per heavy atom. The summed E-state index contributed by atoms with van der Waals surface area (Å²) in [5, 5.41) is 21.9. The van der Waals surface area contributed by atoms with Gasteiger partial charge in [0.1, 0.15) is 6.20 Å². The molecule has 8 heteroatoms. The predicted molar refractivity (Wildman–Crippen MR) is 64.7 cm³/mol. The van der Waals surface area contributed by atoms with Crippen molar-refractivity contribution in [3.05, 3.63) is 21.7 Å². The number of hydrogen-bond donors (Lipinski definition) is 1. The van der Waals surface area contributed by atoms with Crippen molar-refractivity contribution in [3.63, 3.8) is 0 Å². The molecule has 1 atom stereocenters. The van der Waals surface area contributed by atoms with Crippen LogP contribution in [0.3, 0.4) is 0 Å². The van der Waals surface area contributed by atoms with Crippen LogP contribution >= 0.6 is 11.3 Å². The fourth-order valence-electron chi connectivity index (χ4n) is 1.50. The van der Waals surface area contributed by atoms with Gasteiger partial charge in [0.25, 0.3) is 4.96 Å². The zero-order valence-corrected chi connectivity index (χ0v) is 10.2. The molecule has 0 bridgehead atoms. The molecule has 92 valence electrons. The highest BCUT2D eigenvalue weighted by molar-refractivity contribution is 7.15. The lowest BCUT2D eigenvalue weighted by Crippen LogP contribution is -2.32. The van der Waals surface area contributed by atoms with Crippen LogP contribution in [0, 0.1) is 10.1 Å². The first-order valence-electron chi connectivity index (χ1n) is 5.00. The molecule has 0 aliphatic carbocycles. The van der Waals surface area contributed by atoms with Gasteiger partial charge in [0.2, 0.25) is 5.82 Å². The number of anilines is 1. The lowest BCUT2D eigenvalue weighted by atomic mass is 10.3. The summed E-state index contributed by atoms with van der Waals surface area (Å²) < 4.78 is 1.45. The van der Waals surface area contributed by atoms with Gasteiger partial charge < -0.3 is 20.1 Å². The second kappa shape index (κ2) is 4.30. The number of nitrogens with zero attached hydrogens (tertiary/aromatic N) is 4. The zero-order chi connectivity index (χ0) is 12.6. The standard InChI is InChI=1S/C9H12N4O3S/c1-6(5-14)11(2)7-8(13(15)16)12-3-4-17-9(12)10-7/h3-4,6,14H,5H2,1-2H3. The van der Waals surface area contributed by atoms with Crippen LogP contribution in [0.15, 0.2) is 11.6 Å². The van der Waals surface area contributed by atoms with Crippen molar-refractivity contribution in [3.8, 4) is 0 Å². The van der Waals surface area contributed by atoms with Crippen LogP contribution in [0.4, 0.5) is 11.6 Å². The van der Waals surface area contributed by atoms with Gasteiger partial charge in [-0.15, -0.1) is 0 Å². The molecule has 0 radical (unpaired) electrons. The van der Waals surface area contributed by atoms with Crippen LogP contribution in [0.5, 0.6) is 0 Å². The van der Waals surface area contributed by atoms with E-state index in [0.29, 0.717) is 4.96 Å². The van der Waals surface area contributed by atoms with Gasteiger partial charge >= 0.3 is 5.82 Å². The largest absolute Gasteiger partial charge is 0.394 e. The Morgan fingerprint density at radius 2 is 2.47 bits per heavy atom. The van der Waals surface area contributed by atoms with Crippen molar-refractivity contribution in [2.45, 2.75) is 13.0 Å². The summed E-state index contributed by atoms with van der Waals surface area (Å²) >= 11 is 1.33. The Kier molecular flexibility index (Phi) is 2.99. The number of rotatable bonds is 4. The van der Waals surface area contributed by atoms with Gasteiger partial charge in [-0.25, -0.2) is 0 Å². The van der Waals surface area contributed by atoms with Crippen LogP contribution in [-0.4, -0.2) is 39.1 Å². The predicted octanol–water partition coefficient (Wildman–Crippen LogP) is 1.12. The van der Waals surface area contributed by atoms with E-state index in [4.69, 9.17) is 5.11 Å². The van der Waals surface area contributed by atoms with Crippen LogP contribution in [0.1, 0.15) is 6.92 Å². The van der Waals surface area contributed by atoms with E-state index in [1.807, 2.05) is 0 Å². The molecule has 2 rings (SSSR count). The summed E-state index contributed by atoms with van der Waals surface area (Å²) in [6, 6.07) is -0.224. The lowest BCUT2D eigenvalue weighted by Gasteiger charge is -2.21. The van der Waals surface area contributed by atoms with Crippen molar-refractivity contribution < 1.29 is 10.0 Å².